The first kappa shape index (κ1) is 23.0. The second-order valence-electron chi connectivity index (χ2n) is 10.8. The maximum Gasteiger partial charge on any atom is 0.248 e. The highest BCUT2D eigenvalue weighted by atomic mass is 16.5. The number of carbonyl (C=O) groups excluding carboxylic acids is 3. The van der Waals surface area contributed by atoms with Gasteiger partial charge in [-0.3, -0.25) is 19.3 Å². The Kier molecular flexibility index (Phi) is 5.43. The number of hydrogen-bond donors (Lipinski definition) is 1. The molecule has 2 saturated carbocycles. The predicted molar refractivity (Wildman–Crippen MR) is 142 cm³/mol. The smallest absolute Gasteiger partial charge is 0.248 e. The molecule has 4 aliphatic carbocycles. The zero-order valence-electron chi connectivity index (χ0n) is 20.8. The molecule has 3 aromatic carbocycles. The van der Waals surface area contributed by atoms with E-state index in [4.69, 9.17) is 4.74 Å². The van der Waals surface area contributed by atoms with Crippen molar-refractivity contribution in [1.82, 2.24) is 4.90 Å². The van der Waals surface area contributed by atoms with Crippen molar-refractivity contribution in [2.45, 2.75) is 18.9 Å². The van der Waals surface area contributed by atoms with E-state index in [1.165, 1.54) is 4.90 Å². The lowest BCUT2D eigenvalue weighted by Crippen LogP contribution is -2.49. The number of likely N-dealkylation sites (tertiary alicyclic amines) is 1. The molecule has 6 nitrogen and oxygen atoms in total. The molecule has 3 fully saturated rings. The zero-order chi connectivity index (χ0) is 25.8. The van der Waals surface area contributed by atoms with Gasteiger partial charge in [0.15, 0.2) is 0 Å². The lowest BCUT2D eigenvalue weighted by molar-refractivity contribution is -0.146. The largest absolute Gasteiger partial charge is 0.457 e. The van der Waals surface area contributed by atoms with E-state index in [1.807, 2.05) is 60.7 Å². The number of hydrogen-bond acceptors (Lipinski definition) is 4. The molecule has 0 unspecified atom stereocenters. The van der Waals surface area contributed by atoms with Crippen LogP contribution in [0.2, 0.25) is 0 Å². The van der Waals surface area contributed by atoms with Crippen LogP contribution in [0.5, 0.6) is 11.5 Å². The van der Waals surface area contributed by atoms with Gasteiger partial charge in [-0.15, -0.1) is 0 Å². The normalized spacial score (nSPS) is 29.0. The molecule has 0 aromatic heterocycles. The Hall–Kier alpha value is -4.19. The number of amides is 3. The van der Waals surface area contributed by atoms with Crippen molar-refractivity contribution in [2.75, 3.05) is 5.32 Å². The molecule has 0 radical (unpaired) electrons. The maximum atomic E-state index is 13.8. The Morgan fingerprint density at radius 3 is 1.95 bits per heavy atom. The van der Waals surface area contributed by atoms with Crippen LogP contribution < -0.4 is 10.1 Å². The number of allylic oxidation sites excluding steroid dienone is 2. The molecule has 38 heavy (non-hydrogen) atoms. The summed E-state index contributed by atoms with van der Waals surface area (Å²) >= 11 is 0. The van der Waals surface area contributed by atoms with Crippen molar-refractivity contribution in [3.8, 4) is 11.5 Å². The first-order chi connectivity index (χ1) is 18.6. The molecule has 2 bridgehead atoms. The molecule has 3 amide bonds. The summed E-state index contributed by atoms with van der Waals surface area (Å²) in [5, 5.41) is 2.95. The summed E-state index contributed by atoms with van der Waals surface area (Å²) in [7, 11) is 0. The Morgan fingerprint density at radius 2 is 1.34 bits per heavy atom. The molecular weight excluding hydrogens is 476 g/mol. The minimum absolute atomic E-state index is 0.119. The van der Waals surface area contributed by atoms with Crippen molar-refractivity contribution < 1.29 is 19.1 Å². The molecule has 1 N–H and O–H groups in total. The summed E-state index contributed by atoms with van der Waals surface area (Å²) in [6.07, 6.45) is 5.68. The van der Waals surface area contributed by atoms with Gasteiger partial charge in [0.25, 0.3) is 0 Å². The number of rotatable bonds is 7. The number of nitrogens with zero attached hydrogens (tertiary/aromatic N) is 1. The van der Waals surface area contributed by atoms with E-state index in [2.05, 4.69) is 17.5 Å². The van der Waals surface area contributed by atoms with Crippen LogP contribution >= 0.6 is 0 Å². The van der Waals surface area contributed by atoms with Crippen LogP contribution in [0, 0.1) is 35.5 Å². The van der Waals surface area contributed by atoms with Crippen LogP contribution in [-0.4, -0.2) is 28.7 Å². The number of anilines is 1. The molecule has 1 aliphatic heterocycles. The summed E-state index contributed by atoms with van der Waals surface area (Å²) in [6.45, 7) is 0. The quantitative estimate of drug-likeness (QED) is 0.360. The highest BCUT2D eigenvalue weighted by molar-refractivity contribution is 6.10. The second-order valence-corrected chi connectivity index (χ2v) is 10.8. The Balaban J connectivity index is 1.14. The fourth-order valence-corrected chi connectivity index (χ4v) is 6.88. The van der Waals surface area contributed by atoms with Crippen LogP contribution in [0.4, 0.5) is 5.69 Å². The number of para-hydroxylation sites is 1. The monoisotopic (exact) mass is 504 g/mol. The summed E-state index contributed by atoms with van der Waals surface area (Å²) in [4.78, 5) is 42.6. The van der Waals surface area contributed by atoms with Crippen LogP contribution in [-0.2, 0) is 20.8 Å². The Morgan fingerprint density at radius 1 is 0.789 bits per heavy atom. The first-order valence-electron chi connectivity index (χ1n) is 13.3. The average molecular weight is 505 g/mol. The van der Waals surface area contributed by atoms with E-state index in [0.717, 1.165) is 17.7 Å². The number of carbonyl (C=O) groups is 3. The van der Waals surface area contributed by atoms with Gasteiger partial charge >= 0.3 is 0 Å². The molecule has 8 rings (SSSR count). The molecule has 6 heteroatoms. The van der Waals surface area contributed by atoms with E-state index >= 15 is 0 Å². The van der Waals surface area contributed by atoms with Gasteiger partial charge in [-0.05, 0) is 72.1 Å². The van der Waals surface area contributed by atoms with Crippen molar-refractivity contribution in [1.29, 1.82) is 0 Å². The molecule has 1 saturated heterocycles. The third-order valence-corrected chi connectivity index (χ3v) is 8.68. The van der Waals surface area contributed by atoms with Gasteiger partial charge in [-0.25, -0.2) is 0 Å². The Labute approximate surface area is 221 Å². The molecule has 0 spiro atoms. The first-order valence-corrected chi connectivity index (χ1v) is 13.3. The third kappa shape index (κ3) is 3.83. The van der Waals surface area contributed by atoms with Gasteiger partial charge < -0.3 is 10.1 Å². The molecule has 3 aromatic rings. The van der Waals surface area contributed by atoms with E-state index < -0.39 is 6.04 Å². The van der Waals surface area contributed by atoms with Gasteiger partial charge in [0.05, 0.1) is 11.8 Å². The number of nitrogens with one attached hydrogen (secondary N) is 1. The molecule has 1 heterocycles. The predicted octanol–water partition coefficient (Wildman–Crippen LogP) is 5.08. The molecule has 190 valence electrons. The van der Waals surface area contributed by atoms with E-state index in [-0.39, 0.29) is 47.8 Å². The summed E-state index contributed by atoms with van der Waals surface area (Å²) in [5.74, 6) is 1.23. The molecule has 7 atom stereocenters. The van der Waals surface area contributed by atoms with Crippen molar-refractivity contribution in [3.63, 3.8) is 0 Å². The van der Waals surface area contributed by atoms with Gasteiger partial charge in [0.2, 0.25) is 17.7 Å². The van der Waals surface area contributed by atoms with Gasteiger partial charge in [-0.2, -0.15) is 0 Å². The SMILES string of the molecule is O=C(Nc1ccc(Oc2ccccc2)cc1)[C@H](Cc1ccccc1)N1C(=O)[C@@H]2[C@H]3C=C[C@@H]([C@@H]4C[C@@H]34)[C@H]2C1=O. The standard InChI is InChI=1S/C32H28N2O4/c35-30(33-20-11-13-22(14-12-20)38-21-9-5-2-6-10-21)27(17-19-7-3-1-4-8-19)34-31(36)28-23-15-16-24(26-18-25(23)26)29(28)32(34)37/h1-16,23-29H,17-18H2,(H,33,35)/t23-,24-,25-,26-,27-,28+,29+/m0/s1. The topological polar surface area (TPSA) is 75.7 Å². The third-order valence-electron chi connectivity index (χ3n) is 8.68. The minimum Gasteiger partial charge on any atom is -0.457 e. The minimum atomic E-state index is -0.918. The summed E-state index contributed by atoms with van der Waals surface area (Å²) in [6, 6.07) is 25.2. The molecule has 5 aliphatic rings. The number of benzene rings is 3. The van der Waals surface area contributed by atoms with Gasteiger partial charge in [0.1, 0.15) is 17.5 Å². The van der Waals surface area contributed by atoms with Crippen molar-refractivity contribution in [3.05, 3.63) is 103 Å². The van der Waals surface area contributed by atoms with Crippen LogP contribution in [0.3, 0.4) is 0 Å². The van der Waals surface area contributed by atoms with E-state index in [1.54, 1.807) is 24.3 Å². The fourth-order valence-electron chi connectivity index (χ4n) is 6.88. The number of imide groups is 1. The van der Waals surface area contributed by atoms with E-state index in [0.29, 0.717) is 23.3 Å². The highest BCUT2D eigenvalue weighted by Gasteiger charge is 2.67. The number of ether oxygens (including phenoxy) is 1. The fraction of sp³-hybridized carbons (Fsp3) is 0.281. The van der Waals surface area contributed by atoms with Crippen molar-refractivity contribution in [2.24, 2.45) is 35.5 Å². The van der Waals surface area contributed by atoms with Crippen molar-refractivity contribution >= 4 is 23.4 Å². The lowest BCUT2D eigenvalue weighted by atomic mass is 9.63. The average Bonchev–Trinajstić information content (AvgIpc) is 3.73. The van der Waals surface area contributed by atoms with Gasteiger partial charge in [-0.1, -0.05) is 60.7 Å². The molecular formula is C32H28N2O4. The summed E-state index contributed by atoms with van der Waals surface area (Å²) in [5.41, 5.74) is 1.48. The van der Waals surface area contributed by atoms with Gasteiger partial charge in [0, 0.05) is 12.1 Å². The summed E-state index contributed by atoms with van der Waals surface area (Å²) < 4.78 is 5.85. The van der Waals surface area contributed by atoms with Crippen LogP contribution in [0.1, 0.15) is 12.0 Å². The second kappa shape index (κ2) is 8.98. The zero-order valence-corrected chi connectivity index (χ0v) is 20.8. The van der Waals surface area contributed by atoms with Crippen LogP contribution in [0.15, 0.2) is 97.1 Å². The lowest BCUT2D eigenvalue weighted by Gasteiger charge is -2.37. The Bertz CT molecular complexity index is 1380. The van der Waals surface area contributed by atoms with E-state index in [9.17, 15) is 14.4 Å². The highest BCUT2D eigenvalue weighted by Crippen LogP contribution is 2.65. The maximum absolute atomic E-state index is 13.8. The van der Waals surface area contributed by atoms with Crippen LogP contribution in [0.25, 0.3) is 0 Å².